The minimum Gasteiger partial charge on any atom is -0.478 e. The number of aromatic carboxylic acids is 1. The third-order valence-corrected chi connectivity index (χ3v) is 5.82. The number of pyridine rings is 1. The van der Waals surface area contributed by atoms with Crippen molar-refractivity contribution in [2.24, 2.45) is 0 Å². The van der Waals surface area contributed by atoms with Gasteiger partial charge in [-0.3, -0.25) is 0 Å². The summed E-state index contributed by atoms with van der Waals surface area (Å²) in [5.41, 5.74) is 2.19. The molecule has 0 saturated carbocycles. The second-order valence-corrected chi connectivity index (χ2v) is 9.49. The first-order valence-electron chi connectivity index (χ1n) is 11.5. The molecule has 2 heterocycles. The van der Waals surface area contributed by atoms with E-state index in [0.717, 1.165) is 18.4 Å². The fourth-order valence-electron chi connectivity index (χ4n) is 4.34. The van der Waals surface area contributed by atoms with Crippen molar-refractivity contribution < 1.29 is 24.2 Å². The highest BCUT2D eigenvalue weighted by Gasteiger charge is 2.32. The Hall–Kier alpha value is -3.45. The van der Waals surface area contributed by atoms with Gasteiger partial charge in [0.15, 0.2) is 0 Å². The summed E-state index contributed by atoms with van der Waals surface area (Å²) >= 11 is 0. The van der Waals surface area contributed by atoms with Crippen LogP contribution in [0.4, 0.5) is 4.79 Å². The second kappa shape index (κ2) is 9.81. The van der Waals surface area contributed by atoms with Crippen molar-refractivity contribution in [3.05, 3.63) is 65.7 Å². The van der Waals surface area contributed by atoms with Gasteiger partial charge in [0.1, 0.15) is 5.60 Å². The Labute approximate surface area is 199 Å². The van der Waals surface area contributed by atoms with Gasteiger partial charge in [0.05, 0.1) is 36.0 Å². The zero-order chi connectivity index (χ0) is 24.3. The number of amides is 1. The van der Waals surface area contributed by atoms with Gasteiger partial charge >= 0.3 is 12.1 Å². The third kappa shape index (κ3) is 5.20. The molecule has 1 fully saturated rings. The molecule has 4 rings (SSSR count). The van der Waals surface area contributed by atoms with Crippen LogP contribution in [0.25, 0.3) is 22.2 Å². The van der Waals surface area contributed by atoms with Crippen LogP contribution in [0, 0.1) is 0 Å². The molecule has 178 valence electrons. The van der Waals surface area contributed by atoms with Gasteiger partial charge < -0.3 is 19.5 Å². The molecule has 1 aromatic heterocycles. The number of carbonyl (C=O) groups is 2. The molecule has 7 heteroatoms. The van der Waals surface area contributed by atoms with E-state index in [4.69, 9.17) is 14.5 Å². The van der Waals surface area contributed by atoms with Gasteiger partial charge in [-0.15, -0.1) is 0 Å². The standard InChI is InChI=1S/C27H30N2O5/c1-27(2,3)34-26(32)29-15-9-12-19(29)16-33-17-21-23(25(30)31)20-13-7-8-14-22(20)28-24(21)18-10-5-4-6-11-18/h4-8,10-11,13-14,19H,9,12,15-17H2,1-3H3,(H,30,31)/t19-/m0/s1. The average molecular weight is 463 g/mol. The van der Waals surface area contributed by atoms with Crippen LogP contribution < -0.4 is 0 Å². The highest BCUT2D eigenvalue weighted by Crippen LogP contribution is 2.31. The molecule has 1 atom stereocenters. The molecule has 0 bridgehead atoms. The Kier molecular flexibility index (Phi) is 6.84. The Morgan fingerprint density at radius 2 is 1.79 bits per heavy atom. The van der Waals surface area contributed by atoms with Crippen molar-refractivity contribution in [3.63, 3.8) is 0 Å². The van der Waals surface area contributed by atoms with Crippen molar-refractivity contribution in [1.29, 1.82) is 0 Å². The van der Waals surface area contributed by atoms with Crippen molar-refractivity contribution in [3.8, 4) is 11.3 Å². The maximum Gasteiger partial charge on any atom is 0.410 e. The van der Waals surface area contributed by atoms with E-state index < -0.39 is 11.6 Å². The minimum absolute atomic E-state index is 0.0718. The SMILES string of the molecule is CC(C)(C)OC(=O)N1CCC[C@H]1COCc1c(-c2ccccc2)nc2ccccc2c1C(=O)O. The zero-order valence-corrected chi connectivity index (χ0v) is 19.8. The Balaban J connectivity index is 1.62. The number of ether oxygens (including phenoxy) is 2. The molecular formula is C27H30N2O5. The van der Waals surface area contributed by atoms with Gasteiger partial charge in [-0.1, -0.05) is 48.5 Å². The van der Waals surface area contributed by atoms with Crippen molar-refractivity contribution in [2.45, 2.75) is 51.9 Å². The fraction of sp³-hybridized carbons (Fsp3) is 0.370. The molecule has 0 spiro atoms. The molecule has 2 aromatic carbocycles. The quantitative estimate of drug-likeness (QED) is 0.519. The van der Waals surface area contributed by atoms with Crippen molar-refractivity contribution in [1.82, 2.24) is 9.88 Å². The van der Waals surface area contributed by atoms with Gasteiger partial charge in [-0.05, 0) is 39.7 Å². The fourth-order valence-corrected chi connectivity index (χ4v) is 4.34. The Bertz CT molecular complexity index is 1190. The minimum atomic E-state index is -1.02. The van der Waals surface area contributed by atoms with Gasteiger partial charge in [0.25, 0.3) is 0 Å². The number of carboxylic acid groups (broad SMARTS) is 1. The number of rotatable bonds is 6. The monoisotopic (exact) mass is 462 g/mol. The highest BCUT2D eigenvalue weighted by atomic mass is 16.6. The number of likely N-dealkylation sites (tertiary alicyclic amines) is 1. The van der Waals surface area contributed by atoms with Crippen LogP contribution in [0.5, 0.6) is 0 Å². The number of hydrogen-bond acceptors (Lipinski definition) is 5. The molecular weight excluding hydrogens is 432 g/mol. The van der Waals surface area contributed by atoms with E-state index in [2.05, 4.69) is 0 Å². The van der Waals surface area contributed by atoms with E-state index in [1.54, 1.807) is 17.0 Å². The molecule has 7 nitrogen and oxygen atoms in total. The predicted molar refractivity (Wildman–Crippen MR) is 130 cm³/mol. The third-order valence-electron chi connectivity index (χ3n) is 5.82. The summed E-state index contributed by atoms with van der Waals surface area (Å²) in [5.74, 6) is -1.02. The van der Waals surface area contributed by atoms with E-state index in [1.165, 1.54) is 0 Å². The van der Waals surface area contributed by atoms with Gasteiger partial charge in [-0.25, -0.2) is 14.6 Å². The van der Waals surface area contributed by atoms with Crippen molar-refractivity contribution >= 4 is 23.0 Å². The number of benzene rings is 2. The normalized spacial score (nSPS) is 16.1. The van der Waals surface area contributed by atoms with Gasteiger partial charge in [0.2, 0.25) is 0 Å². The first kappa shape index (κ1) is 23.7. The van der Waals surface area contributed by atoms with E-state index in [9.17, 15) is 14.7 Å². The summed E-state index contributed by atoms with van der Waals surface area (Å²) < 4.78 is 11.6. The number of aromatic nitrogens is 1. The Morgan fingerprint density at radius 1 is 1.09 bits per heavy atom. The van der Waals surface area contributed by atoms with Crippen LogP contribution in [0.15, 0.2) is 54.6 Å². The number of nitrogens with zero attached hydrogens (tertiary/aromatic N) is 2. The van der Waals surface area contributed by atoms with E-state index in [0.29, 0.717) is 35.3 Å². The summed E-state index contributed by atoms with van der Waals surface area (Å²) in [7, 11) is 0. The van der Waals surface area contributed by atoms with E-state index >= 15 is 0 Å². The topological polar surface area (TPSA) is 89.0 Å². The molecule has 1 N–H and O–H groups in total. The van der Waals surface area contributed by atoms with E-state index in [1.807, 2.05) is 63.2 Å². The number of hydrogen-bond donors (Lipinski definition) is 1. The number of fused-ring (bicyclic) bond motifs is 1. The number of carbonyl (C=O) groups excluding carboxylic acids is 1. The molecule has 1 amide bonds. The number of para-hydroxylation sites is 1. The van der Waals surface area contributed by atoms with Crippen LogP contribution in [-0.2, 0) is 16.1 Å². The summed E-state index contributed by atoms with van der Waals surface area (Å²) in [5, 5.41) is 10.7. The molecule has 0 radical (unpaired) electrons. The average Bonchev–Trinajstić information content (AvgIpc) is 3.26. The lowest BCUT2D eigenvalue weighted by molar-refractivity contribution is 0.00881. The molecule has 34 heavy (non-hydrogen) atoms. The maximum atomic E-state index is 12.6. The van der Waals surface area contributed by atoms with E-state index in [-0.39, 0.29) is 24.3 Å². The van der Waals surface area contributed by atoms with Crippen LogP contribution in [0.2, 0.25) is 0 Å². The highest BCUT2D eigenvalue weighted by molar-refractivity contribution is 6.05. The first-order chi connectivity index (χ1) is 16.2. The lowest BCUT2D eigenvalue weighted by atomic mass is 9.97. The summed E-state index contributed by atoms with van der Waals surface area (Å²) in [6.45, 7) is 6.52. The summed E-state index contributed by atoms with van der Waals surface area (Å²) in [6.07, 6.45) is 1.34. The zero-order valence-electron chi connectivity index (χ0n) is 19.8. The molecule has 1 aliphatic heterocycles. The van der Waals surface area contributed by atoms with Crippen LogP contribution in [0.3, 0.4) is 0 Å². The van der Waals surface area contributed by atoms with Crippen LogP contribution in [-0.4, -0.2) is 51.8 Å². The Morgan fingerprint density at radius 3 is 2.50 bits per heavy atom. The lowest BCUT2D eigenvalue weighted by Crippen LogP contribution is -2.41. The summed E-state index contributed by atoms with van der Waals surface area (Å²) in [6, 6.07) is 16.6. The summed E-state index contributed by atoms with van der Waals surface area (Å²) in [4.78, 5) is 31.5. The molecule has 0 unspecified atom stereocenters. The van der Waals surface area contributed by atoms with Crippen LogP contribution in [0.1, 0.15) is 49.5 Å². The van der Waals surface area contributed by atoms with Gasteiger partial charge in [0, 0.05) is 23.1 Å². The first-order valence-corrected chi connectivity index (χ1v) is 11.5. The number of carboxylic acids is 1. The van der Waals surface area contributed by atoms with Gasteiger partial charge in [-0.2, -0.15) is 0 Å². The molecule has 0 aliphatic carbocycles. The van der Waals surface area contributed by atoms with Crippen LogP contribution >= 0.6 is 0 Å². The maximum absolute atomic E-state index is 12.6. The lowest BCUT2D eigenvalue weighted by Gasteiger charge is -2.28. The largest absolute Gasteiger partial charge is 0.478 e. The predicted octanol–water partition coefficient (Wildman–Crippen LogP) is 5.52. The molecule has 3 aromatic rings. The molecule has 1 aliphatic rings. The second-order valence-electron chi connectivity index (χ2n) is 9.49. The smallest absolute Gasteiger partial charge is 0.410 e. The molecule has 1 saturated heterocycles. The van der Waals surface area contributed by atoms with Crippen molar-refractivity contribution in [2.75, 3.05) is 13.2 Å².